The predicted octanol–water partition coefficient (Wildman–Crippen LogP) is 2.96. The number of carbonyl (C=O) groups excluding carboxylic acids is 3. The lowest BCUT2D eigenvalue weighted by Gasteiger charge is -2.17. The molecule has 2 aromatic carbocycles. The SMILES string of the molecule is Cc1cccc(N2C(=O)c3ccc(C(=O)Nc4c(C#N)cnn4C)cc3C2=O)c1C. The summed E-state index contributed by atoms with van der Waals surface area (Å²) >= 11 is 0. The molecule has 8 nitrogen and oxygen atoms in total. The van der Waals surface area contributed by atoms with Crippen molar-refractivity contribution in [3.8, 4) is 6.07 Å². The van der Waals surface area contributed by atoms with Crippen molar-refractivity contribution in [2.45, 2.75) is 13.8 Å². The van der Waals surface area contributed by atoms with Crippen molar-refractivity contribution in [2.75, 3.05) is 10.2 Å². The van der Waals surface area contributed by atoms with Gasteiger partial charge in [0.15, 0.2) is 0 Å². The number of aryl methyl sites for hydroxylation is 2. The molecule has 0 atom stereocenters. The van der Waals surface area contributed by atoms with Gasteiger partial charge >= 0.3 is 0 Å². The Morgan fingerprint density at radius 1 is 1.10 bits per heavy atom. The van der Waals surface area contributed by atoms with E-state index in [1.807, 2.05) is 26.0 Å². The first-order valence-electron chi connectivity index (χ1n) is 9.16. The van der Waals surface area contributed by atoms with Crippen molar-refractivity contribution in [3.63, 3.8) is 0 Å². The van der Waals surface area contributed by atoms with Gasteiger partial charge in [-0.25, -0.2) is 4.90 Å². The number of nitrogens with one attached hydrogen (secondary N) is 1. The molecule has 1 N–H and O–H groups in total. The van der Waals surface area contributed by atoms with Gasteiger partial charge in [-0.1, -0.05) is 12.1 Å². The van der Waals surface area contributed by atoms with E-state index in [-0.39, 0.29) is 28.1 Å². The van der Waals surface area contributed by atoms with Gasteiger partial charge in [-0.15, -0.1) is 0 Å². The van der Waals surface area contributed by atoms with E-state index in [9.17, 15) is 14.4 Å². The maximum absolute atomic E-state index is 13.0. The van der Waals surface area contributed by atoms with Crippen molar-refractivity contribution in [1.82, 2.24) is 9.78 Å². The monoisotopic (exact) mass is 399 g/mol. The average Bonchev–Trinajstić information content (AvgIpc) is 3.21. The fourth-order valence-corrected chi connectivity index (χ4v) is 3.43. The molecule has 3 aromatic rings. The Labute approximate surface area is 172 Å². The van der Waals surface area contributed by atoms with Crippen LogP contribution in [0.25, 0.3) is 0 Å². The number of hydrogen-bond donors (Lipinski definition) is 1. The second kappa shape index (κ2) is 6.97. The summed E-state index contributed by atoms with van der Waals surface area (Å²) < 4.78 is 1.38. The van der Waals surface area contributed by atoms with Crippen molar-refractivity contribution in [2.24, 2.45) is 7.05 Å². The Hall–Kier alpha value is -4.25. The van der Waals surface area contributed by atoms with Crippen molar-refractivity contribution >= 4 is 29.2 Å². The van der Waals surface area contributed by atoms with Gasteiger partial charge in [-0.05, 0) is 49.2 Å². The predicted molar refractivity (Wildman–Crippen MR) is 109 cm³/mol. The second-order valence-corrected chi connectivity index (χ2v) is 7.02. The Balaban J connectivity index is 1.68. The van der Waals surface area contributed by atoms with Crippen LogP contribution in [0.5, 0.6) is 0 Å². The number of anilines is 2. The number of aromatic nitrogens is 2. The molecule has 0 saturated carbocycles. The lowest BCUT2D eigenvalue weighted by Crippen LogP contribution is -2.30. The summed E-state index contributed by atoms with van der Waals surface area (Å²) in [5, 5.41) is 15.7. The molecule has 30 heavy (non-hydrogen) atoms. The fraction of sp³-hybridized carbons (Fsp3) is 0.136. The molecule has 0 spiro atoms. The number of nitrogens with zero attached hydrogens (tertiary/aromatic N) is 4. The number of imide groups is 1. The van der Waals surface area contributed by atoms with Crippen LogP contribution in [-0.2, 0) is 7.05 Å². The normalized spacial score (nSPS) is 12.7. The van der Waals surface area contributed by atoms with E-state index < -0.39 is 17.7 Å². The molecule has 8 heteroatoms. The molecule has 4 rings (SSSR count). The first kappa shape index (κ1) is 19.1. The van der Waals surface area contributed by atoms with E-state index >= 15 is 0 Å². The number of hydrogen-bond acceptors (Lipinski definition) is 5. The minimum atomic E-state index is -0.511. The zero-order chi connectivity index (χ0) is 21.6. The largest absolute Gasteiger partial charge is 0.306 e. The minimum Gasteiger partial charge on any atom is -0.306 e. The third-order valence-electron chi connectivity index (χ3n) is 5.26. The van der Waals surface area contributed by atoms with Crippen molar-refractivity contribution < 1.29 is 14.4 Å². The van der Waals surface area contributed by atoms with Crippen LogP contribution in [0.2, 0.25) is 0 Å². The molecule has 0 unspecified atom stereocenters. The zero-order valence-corrected chi connectivity index (χ0v) is 16.6. The number of benzene rings is 2. The van der Waals surface area contributed by atoms with Gasteiger partial charge < -0.3 is 5.32 Å². The van der Waals surface area contributed by atoms with Gasteiger partial charge in [-0.3, -0.25) is 19.1 Å². The Morgan fingerprint density at radius 2 is 1.83 bits per heavy atom. The molecule has 0 fully saturated rings. The Morgan fingerprint density at radius 3 is 2.57 bits per heavy atom. The van der Waals surface area contributed by atoms with Crippen LogP contribution in [0.3, 0.4) is 0 Å². The zero-order valence-electron chi connectivity index (χ0n) is 16.6. The molecule has 0 bridgehead atoms. The molecule has 2 heterocycles. The summed E-state index contributed by atoms with van der Waals surface area (Å²) in [5.41, 5.74) is 3.16. The van der Waals surface area contributed by atoms with Crippen molar-refractivity contribution in [3.05, 3.63) is 76.0 Å². The van der Waals surface area contributed by atoms with E-state index in [0.29, 0.717) is 5.69 Å². The van der Waals surface area contributed by atoms with Gasteiger partial charge in [0.25, 0.3) is 17.7 Å². The van der Waals surface area contributed by atoms with E-state index in [2.05, 4.69) is 10.4 Å². The van der Waals surface area contributed by atoms with E-state index in [1.54, 1.807) is 19.2 Å². The molecule has 148 valence electrons. The number of nitriles is 1. The molecule has 3 amide bonds. The van der Waals surface area contributed by atoms with Crippen LogP contribution in [0.15, 0.2) is 42.6 Å². The van der Waals surface area contributed by atoms with Crippen LogP contribution in [0.4, 0.5) is 11.5 Å². The number of rotatable bonds is 3. The molecule has 1 aromatic heterocycles. The molecule has 1 aliphatic heterocycles. The molecule has 0 saturated heterocycles. The summed E-state index contributed by atoms with van der Waals surface area (Å²) in [4.78, 5) is 39.8. The van der Waals surface area contributed by atoms with E-state index in [0.717, 1.165) is 16.0 Å². The molecule has 0 radical (unpaired) electrons. The van der Waals surface area contributed by atoms with Gasteiger partial charge in [-0.2, -0.15) is 10.4 Å². The number of amides is 3. The maximum Gasteiger partial charge on any atom is 0.266 e. The Bertz CT molecular complexity index is 1280. The summed E-state index contributed by atoms with van der Waals surface area (Å²) in [5.74, 6) is -1.16. The first-order valence-corrected chi connectivity index (χ1v) is 9.16. The van der Waals surface area contributed by atoms with Gasteiger partial charge in [0, 0.05) is 12.6 Å². The summed E-state index contributed by atoms with van der Waals surface area (Å²) in [6.07, 6.45) is 1.35. The first-order chi connectivity index (χ1) is 14.3. The third kappa shape index (κ3) is 2.84. The van der Waals surface area contributed by atoms with Crippen LogP contribution < -0.4 is 10.2 Å². The summed E-state index contributed by atoms with van der Waals surface area (Å²) in [6.45, 7) is 3.77. The smallest absolute Gasteiger partial charge is 0.266 e. The highest BCUT2D eigenvalue weighted by Crippen LogP contribution is 2.32. The van der Waals surface area contributed by atoms with Crippen molar-refractivity contribution in [1.29, 1.82) is 5.26 Å². The number of fused-ring (bicyclic) bond motifs is 1. The van der Waals surface area contributed by atoms with Crippen LogP contribution in [0, 0.1) is 25.2 Å². The average molecular weight is 399 g/mol. The lowest BCUT2D eigenvalue weighted by atomic mass is 10.1. The van der Waals surface area contributed by atoms with Gasteiger partial charge in [0.2, 0.25) is 0 Å². The highest BCUT2D eigenvalue weighted by Gasteiger charge is 2.38. The Kier molecular flexibility index (Phi) is 4.43. The quantitative estimate of drug-likeness (QED) is 0.681. The molecular formula is C22H17N5O3. The highest BCUT2D eigenvalue weighted by atomic mass is 16.2. The fourth-order valence-electron chi connectivity index (χ4n) is 3.43. The lowest BCUT2D eigenvalue weighted by molar-refractivity contribution is 0.0925. The van der Waals surface area contributed by atoms with E-state index in [4.69, 9.17) is 5.26 Å². The molecule has 0 aliphatic carbocycles. The van der Waals surface area contributed by atoms with Crippen LogP contribution >= 0.6 is 0 Å². The topological polar surface area (TPSA) is 108 Å². The third-order valence-corrected chi connectivity index (χ3v) is 5.26. The van der Waals surface area contributed by atoms with E-state index in [1.165, 1.54) is 29.1 Å². The summed E-state index contributed by atoms with van der Waals surface area (Å²) in [7, 11) is 1.60. The van der Waals surface area contributed by atoms with Crippen LogP contribution in [-0.4, -0.2) is 27.5 Å². The minimum absolute atomic E-state index is 0.166. The highest BCUT2D eigenvalue weighted by molar-refractivity contribution is 6.35. The molecule has 1 aliphatic rings. The second-order valence-electron chi connectivity index (χ2n) is 7.02. The van der Waals surface area contributed by atoms with Gasteiger partial charge in [0.05, 0.1) is 23.0 Å². The van der Waals surface area contributed by atoms with Gasteiger partial charge in [0.1, 0.15) is 17.5 Å². The number of carbonyl (C=O) groups is 3. The summed E-state index contributed by atoms with van der Waals surface area (Å²) in [6, 6.07) is 11.7. The van der Waals surface area contributed by atoms with Crippen LogP contribution in [0.1, 0.15) is 47.8 Å². The molecular weight excluding hydrogens is 382 g/mol. The maximum atomic E-state index is 13.0. The standard InChI is InChI=1S/C22H17N5O3/c1-12-5-4-6-18(13(12)2)27-21(29)16-8-7-14(9-17(16)22(27)30)20(28)25-19-15(10-23)11-24-26(19)3/h4-9,11H,1-3H3,(H,25,28).